The summed E-state index contributed by atoms with van der Waals surface area (Å²) >= 11 is 0. The van der Waals surface area contributed by atoms with E-state index in [1.165, 1.54) is 24.8 Å². The third-order valence-electron chi connectivity index (χ3n) is 3.50. The predicted molar refractivity (Wildman–Crippen MR) is 79.2 cm³/mol. The number of hydrogen-bond donors (Lipinski definition) is 1. The van der Waals surface area contributed by atoms with E-state index in [0.29, 0.717) is 4.90 Å². The van der Waals surface area contributed by atoms with Gasteiger partial charge in [0.2, 0.25) is 0 Å². The number of benzene rings is 1. The lowest BCUT2D eigenvalue weighted by Crippen LogP contribution is -2.05. The molecule has 1 aromatic rings. The Kier molecular flexibility index (Phi) is 4.64. The minimum absolute atomic E-state index is 0.147. The van der Waals surface area contributed by atoms with E-state index < -0.39 is 9.84 Å². The molecule has 1 aliphatic rings. The fourth-order valence-electron chi connectivity index (χ4n) is 2.28. The first-order valence-electron chi connectivity index (χ1n) is 6.86. The number of rotatable bonds is 6. The van der Waals surface area contributed by atoms with Crippen LogP contribution in [0.15, 0.2) is 40.8 Å². The summed E-state index contributed by atoms with van der Waals surface area (Å²) in [5.74, 6) is 0.147. The molecule has 0 bridgehead atoms. The van der Waals surface area contributed by atoms with Crippen LogP contribution in [0.2, 0.25) is 0 Å². The highest BCUT2D eigenvalue weighted by atomic mass is 32.2. The summed E-state index contributed by atoms with van der Waals surface area (Å²) in [7, 11) is -3.09. The van der Waals surface area contributed by atoms with Crippen molar-refractivity contribution in [1.29, 1.82) is 0 Å². The molecule has 104 valence electrons. The van der Waals surface area contributed by atoms with Crippen molar-refractivity contribution in [2.75, 3.05) is 17.6 Å². The monoisotopic (exact) mass is 279 g/mol. The number of anilines is 1. The van der Waals surface area contributed by atoms with Crippen molar-refractivity contribution in [3.05, 3.63) is 35.9 Å². The summed E-state index contributed by atoms with van der Waals surface area (Å²) in [6, 6.07) is 7.03. The molecule has 0 radical (unpaired) electrons. The van der Waals surface area contributed by atoms with E-state index >= 15 is 0 Å². The smallest absolute Gasteiger partial charge is 0.178 e. The normalized spacial score (nSPS) is 15.3. The van der Waals surface area contributed by atoms with Gasteiger partial charge in [-0.25, -0.2) is 8.42 Å². The summed E-state index contributed by atoms with van der Waals surface area (Å²) < 4.78 is 23.3. The zero-order valence-corrected chi connectivity index (χ0v) is 12.2. The van der Waals surface area contributed by atoms with Gasteiger partial charge in [0.1, 0.15) is 0 Å². The maximum absolute atomic E-state index is 11.7. The molecule has 1 N–H and O–H groups in total. The van der Waals surface area contributed by atoms with Crippen LogP contribution in [0.4, 0.5) is 5.69 Å². The molecule has 2 rings (SSSR count). The molecule has 0 spiro atoms. The Morgan fingerprint density at radius 3 is 2.53 bits per heavy atom. The first-order valence-corrected chi connectivity index (χ1v) is 8.51. The lowest BCUT2D eigenvalue weighted by atomic mass is 10.1. The van der Waals surface area contributed by atoms with E-state index in [1.807, 2.05) is 12.1 Å². The Bertz CT molecular complexity index is 544. The molecule has 19 heavy (non-hydrogen) atoms. The van der Waals surface area contributed by atoms with Crippen LogP contribution in [0.5, 0.6) is 0 Å². The standard InChI is InChI=1S/C15H21NO2S/c1-2-19(17,18)15-9-7-14(8-10-15)16-12-11-13-5-3-4-6-13/h5,7-10,16H,2-4,6,11-12H2,1H3. The third kappa shape index (κ3) is 3.83. The molecule has 4 heteroatoms. The van der Waals surface area contributed by atoms with Gasteiger partial charge >= 0.3 is 0 Å². The van der Waals surface area contributed by atoms with Gasteiger partial charge in [-0.1, -0.05) is 18.6 Å². The van der Waals surface area contributed by atoms with Crippen LogP contribution in [0.3, 0.4) is 0 Å². The van der Waals surface area contributed by atoms with Gasteiger partial charge in [0, 0.05) is 12.2 Å². The fourth-order valence-corrected chi connectivity index (χ4v) is 3.16. The number of allylic oxidation sites excluding steroid dienone is 1. The van der Waals surface area contributed by atoms with Crippen LogP contribution >= 0.6 is 0 Å². The summed E-state index contributed by atoms with van der Waals surface area (Å²) in [6.07, 6.45) is 7.15. The van der Waals surface area contributed by atoms with Crippen molar-refractivity contribution in [2.24, 2.45) is 0 Å². The molecule has 0 saturated heterocycles. The lowest BCUT2D eigenvalue weighted by Gasteiger charge is -2.08. The molecule has 0 heterocycles. The highest BCUT2D eigenvalue weighted by Gasteiger charge is 2.10. The Morgan fingerprint density at radius 1 is 1.21 bits per heavy atom. The van der Waals surface area contributed by atoms with Gasteiger partial charge in [0.15, 0.2) is 9.84 Å². The second-order valence-electron chi connectivity index (χ2n) is 4.86. The van der Waals surface area contributed by atoms with Crippen LogP contribution in [-0.4, -0.2) is 20.7 Å². The minimum Gasteiger partial charge on any atom is -0.385 e. The highest BCUT2D eigenvalue weighted by Crippen LogP contribution is 2.21. The Balaban J connectivity index is 1.88. The first-order chi connectivity index (χ1) is 9.12. The Hall–Kier alpha value is -1.29. The van der Waals surface area contributed by atoms with Crippen molar-refractivity contribution < 1.29 is 8.42 Å². The second kappa shape index (κ2) is 6.24. The SMILES string of the molecule is CCS(=O)(=O)c1ccc(NCCC2=CCCC2)cc1. The third-order valence-corrected chi connectivity index (χ3v) is 5.25. The molecule has 1 aliphatic carbocycles. The zero-order chi connectivity index (χ0) is 13.7. The fraction of sp³-hybridized carbons (Fsp3) is 0.467. The number of hydrogen-bond acceptors (Lipinski definition) is 3. The summed E-state index contributed by atoms with van der Waals surface area (Å²) in [5.41, 5.74) is 2.52. The largest absolute Gasteiger partial charge is 0.385 e. The van der Waals surface area contributed by atoms with Gasteiger partial charge < -0.3 is 5.32 Å². The summed E-state index contributed by atoms with van der Waals surface area (Å²) in [6.45, 7) is 2.57. The Morgan fingerprint density at radius 2 is 1.95 bits per heavy atom. The van der Waals surface area contributed by atoms with Crippen LogP contribution in [-0.2, 0) is 9.84 Å². The molecule has 3 nitrogen and oxygen atoms in total. The van der Waals surface area contributed by atoms with E-state index in [2.05, 4.69) is 11.4 Å². The van der Waals surface area contributed by atoms with Gasteiger partial charge in [-0.3, -0.25) is 0 Å². The highest BCUT2D eigenvalue weighted by molar-refractivity contribution is 7.91. The van der Waals surface area contributed by atoms with Crippen molar-refractivity contribution >= 4 is 15.5 Å². The molecular weight excluding hydrogens is 258 g/mol. The van der Waals surface area contributed by atoms with Crippen LogP contribution < -0.4 is 5.32 Å². The maximum atomic E-state index is 11.7. The van der Waals surface area contributed by atoms with E-state index in [-0.39, 0.29) is 5.75 Å². The van der Waals surface area contributed by atoms with E-state index in [4.69, 9.17) is 0 Å². The number of sulfone groups is 1. The first kappa shape index (κ1) is 14.1. The lowest BCUT2D eigenvalue weighted by molar-refractivity contribution is 0.597. The van der Waals surface area contributed by atoms with Gasteiger partial charge in [0.05, 0.1) is 10.6 Å². The molecule has 0 atom stereocenters. The van der Waals surface area contributed by atoms with Crippen LogP contribution in [0.25, 0.3) is 0 Å². The van der Waals surface area contributed by atoms with Gasteiger partial charge in [-0.05, 0) is 49.9 Å². The van der Waals surface area contributed by atoms with Crippen LogP contribution in [0.1, 0.15) is 32.6 Å². The molecule has 0 fully saturated rings. The van der Waals surface area contributed by atoms with Crippen molar-refractivity contribution in [3.8, 4) is 0 Å². The number of nitrogens with one attached hydrogen (secondary N) is 1. The molecule has 0 amide bonds. The van der Waals surface area contributed by atoms with Gasteiger partial charge in [-0.15, -0.1) is 0 Å². The molecule has 1 aromatic carbocycles. The second-order valence-corrected chi connectivity index (χ2v) is 7.14. The van der Waals surface area contributed by atoms with E-state index in [0.717, 1.165) is 18.7 Å². The van der Waals surface area contributed by atoms with Gasteiger partial charge in [-0.2, -0.15) is 0 Å². The maximum Gasteiger partial charge on any atom is 0.178 e. The minimum atomic E-state index is -3.09. The van der Waals surface area contributed by atoms with Crippen molar-refractivity contribution in [1.82, 2.24) is 0 Å². The Labute approximate surface area is 115 Å². The van der Waals surface area contributed by atoms with E-state index in [9.17, 15) is 8.42 Å². The predicted octanol–water partition coefficient (Wildman–Crippen LogP) is 3.39. The molecule has 0 aliphatic heterocycles. The van der Waals surface area contributed by atoms with Crippen molar-refractivity contribution in [2.45, 2.75) is 37.5 Å². The van der Waals surface area contributed by atoms with Crippen LogP contribution in [0, 0.1) is 0 Å². The van der Waals surface area contributed by atoms with Crippen molar-refractivity contribution in [3.63, 3.8) is 0 Å². The molecule has 0 aromatic heterocycles. The van der Waals surface area contributed by atoms with E-state index in [1.54, 1.807) is 19.1 Å². The van der Waals surface area contributed by atoms with Gasteiger partial charge in [0.25, 0.3) is 0 Å². The average Bonchev–Trinajstić information content (AvgIpc) is 2.92. The molecule has 0 saturated carbocycles. The summed E-state index contributed by atoms with van der Waals surface area (Å²) in [4.78, 5) is 0.402. The quantitative estimate of drug-likeness (QED) is 0.812. The topological polar surface area (TPSA) is 46.2 Å². The average molecular weight is 279 g/mol. The molecular formula is C15H21NO2S. The zero-order valence-electron chi connectivity index (χ0n) is 11.4. The molecule has 0 unspecified atom stereocenters. The summed E-state index contributed by atoms with van der Waals surface area (Å²) in [5, 5.41) is 3.33.